The zero-order valence-corrected chi connectivity index (χ0v) is 13.1. The van der Waals surface area contributed by atoms with Crippen molar-refractivity contribution in [3.63, 3.8) is 0 Å². The SMILES string of the molecule is CCC(C)NC(=O)c1cncc(Nc2ccccc2OC)c1. The van der Waals surface area contributed by atoms with Gasteiger partial charge >= 0.3 is 0 Å². The Hall–Kier alpha value is -2.56. The molecule has 1 aromatic carbocycles. The Morgan fingerprint density at radius 2 is 2.09 bits per heavy atom. The van der Waals surface area contributed by atoms with E-state index in [9.17, 15) is 4.79 Å². The molecule has 5 nitrogen and oxygen atoms in total. The lowest BCUT2D eigenvalue weighted by atomic mass is 10.2. The van der Waals surface area contributed by atoms with Crippen LogP contribution in [0.4, 0.5) is 11.4 Å². The maximum absolute atomic E-state index is 12.1. The Kier molecular flexibility index (Phi) is 5.36. The smallest absolute Gasteiger partial charge is 0.253 e. The molecular formula is C17H21N3O2. The molecule has 2 rings (SSSR count). The van der Waals surface area contributed by atoms with Crippen molar-refractivity contribution in [3.8, 4) is 5.75 Å². The summed E-state index contributed by atoms with van der Waals surface area (Å²) in [6, 6.07) is 9.51. The lowest BCUT2D eigenvalue weighted by molar-refractivity contribution is 0.0939. The standard InChI is InChI=1S/C17H21N3O2/c1-4-12(2)19-17(21)13-9-14(11-18-10-13)20-15-7-5-6-8-16(15)22-3/h5-12,20H,4H2,1-3H3,(H,19,21). The molecule has 1 unspecified atom stereocenters. The van der Waals surface area contributed by atoms with Gasteiger partial charge in [0.1, 0.15) is 5.75 Å². The van der Waals surface area contributed by atoms with Gasteiger partial charge in [-0.2, -0.15) is 0 Å². The van der Waals surface area contributed by atoms with Crippen LogP contribution in [0.2, 0.25) is 0 Å². The van der Waals surface area contributed by atoms with Crippen LogP contribution >= 0.6 is 0 Å². The van der Waals surface area contributed by atoms with E-state index in [2.05, 4.69) is 15.6 Å². The van der Waals surface area contributed by atoms with Gasteiger partial charge in [-0.05, 0) is 31.5 Å². The molecule has 0 radical (unpaired) electrons. The van der Waals surface area contributed by atoms with E-state index in [-0.39, 0.29) is 11.9 Å². The lowest BCUT2D eigenvalue weighted by Crippen LogP contribution is -2.31. The lowest BCUT2D eigenvalue weighted by Gasteiger charge is -2.13. The normalized spacial score (nSPS) is 11.6. The Balaban J connectivity index is 2.16. The topological polar surface area (TPSA) is 63.2 Å². The molecule has 2 N–H and O–H groups in total. The van der Waals surface area contributed by atoms with Crippen molar-refractivity contribution < 1.29 is 9.53 Å². The molecule has 1 heterocycles. The van der Waals surface area contributed by atoms with Crippen molar-refractivity contribution >= 4 is 17.3 Å². The summed E-state index contributed by atoms with van der Waals surface area (Å²) >= 11 is 0. The number of para-hydroxylation sites is 2. The highest BCUT2D eigenvalue weighted by Crippen LogP contribution is 2.26. The van der Waals surface area contributed by atoms with Gasteiger partial charge < -0.3 is 15.4 Å². The van der Waals surface area contributed by atoms with Crippen LogP contribution in [-0.4, -0.2) is 24.0 Å². The van der Waals surface area contributed by atoms with E-state index >= 15 is 0 Å². The minimum absolute atomic E-state index is 0.120. The molecule has 0 bridgehead atoms. The number of anilines is 2. The molecule has 0 aliphatic rings. The molecule has 0 saturated heterocycles. The van der Waals surface area contributed by atoms with E-state index in [0.29, 0.717) is 5.56 Å². The second kappa shape index (κ2) is 7.45. The summed E-state index contributed by atoms with van der Waals surface area (Å²) in [5.74, 6) is 0.613. The van der Waals surface area contributed by atoms with Gasteiger partial charge in [-0.3, -0.25) is 9.78 Å². The van der Waals surface area contributed by atoms with Crippen molar-refractivity contribution in [1.82, 2.24) is 10.3 Å². The Morgan fingerprint density at radius 3 is 2.82 bits per heavy atom. The summed E-state index contributed by atoms with van der Waals surface area (Å²) in [7, 11) is 1.62. The van der Waals surface area contributed by atoms with Crippen LogP contribution in [0.3, 0.4) is 0 Å². The van der Waals surface area contributed by atoms with E-state index in [1.165, 1.54) is 0 Å². The third-order valence-corrected chi connectivity index (χ3v) is 3.38. The highest BCUT2D eigenvalue weighted by atomic mass is 16.5. The molecule has 1 atom stereocenters. The zero-order valence-electron chi connectivity index (χ0n) is 13.1. The predicted octanol–water partition coefficient (Wildman–Crippen LogP) is 3.36. The average Bonchev–Trinajstić information content (AvgIpc) is 2.55. The fourth-order valence-electron chi connectivity index (χ4n) is 1.95. The van der Waals surface area contributed by atoms with Crippen LogP contribution < -0.4 is 15.4 Å². The van der Waals surface area contributed by atoms with Gasteiger partial charge in [-0.15, -0.1) is 0 Å². The molecule has 116 valence electrons. The van der Waals surface area contributed by atoms with Gasteiger partial charge in [-0.25, -0.2) is 0 Å². The van der Waals surface area contributed by atoms with Crippen molar-refractivity contribution in [2.24, 2.45) is 0 Å². The average molecular weight is 299 g/mol. The van der Waals surface area contributed by atoms with Gasteiger partial charge in [0.25, 0.3) is 5.91 Å². The number of amides is 1. The van der Waals surface area contributed by atoms with E-state index < -0.39 is 0 Å². The highest BCUT2D eigenvalue weighted by molar-refractivity contribution is 5.95. The van der Waals surface area contributed by atoms with Crippen molar-refractivity contribution in [2.45, 2.75) is 26.3 Å². The molecule has 0 spiro atoms. The largest absolute Gasteiger partial charge is 0.495 e. The molecule has 0 saturated carbocycles. The molecular weight excluding hydrogens is 278 g/mol. The fourth-order valence-corrected chi connectivity index (χ4v) is 1.95. The first-order valence-corrected chi connectivity index (χ1v) is 7.30. The quantitative estimate of drug-likeness (QED) is 0.858. The summed E-state index contributed by atoms with van der Waals surface area (Å²) in [6.07, 6.45) is 4.12. The Morgan fingerprint density at radius 1 is 1.32 bits per heavy atom. The first-order chi connectivity index (χ1) is 10.6. The fraction of sp³-hybridized carbons (Fsp3) is 0.294. The third kappa shape index (κ3) is 3.97. The molecule has 0 fully saturated rings. The van der Waals surface area contributed by atoms with Crippen LogP contribution in [0, 0.1) is 0 Å². The molecule has 22 heavy (non-hydrogen) atoms. The number of nitrogens with one attached hydrogen (secondary N) is 2. The molecule has 1 aromatic heterocycles. The summed E-state index contributed by atoms with van der Waals surface area (Å²) in [5.41, 5.74) is 2.09. The maximum Gasteiger partial charge on any atom is 0.253 e. The summed E-state index contributed by atoms with van der Waals surface area (Å²) in [4.78, 5) is 16.3. The summed E-state index contributed by atoms with van der Waals surface area (Å²) in [5, 5.41) is 6.15. The van der Waals surface area contributed by atoms with Gasteiger partial charge in [0.05, 0.1) is 30.2 Å². The van der Waals surface area contributed by atoms with Crippen LogP contribution in [-0.2, 0) is 0 Å². The number of aromatic nitrogens is 1. The van der Waals surface area contributed by atoms with Gasteiger partial charge in [0.2, 0.25) is 0 Å². The monoisotopic (exact) mass is 299 g/mol. The third-order valence-electron chi connectivity index (χ3n) is 3.38. The van der Waals surface area contributed by atoms with E-state index in [1.807, 2.05) is 38.1 Å². The first-order valence-electron chi connectivity index (χ1n) is 7.30. The number of ether oxygens (including phenoxy) is 1. The number of nitrogens with zero attached hydrogens (tertiary/aromatic N) is 1. The summed E-state index contributed by atoms with van der Waals surface area (Å²) < 4.78 is 5.30. The molecule has 5 heteroatoms. The number of hydrogen-bond acceptors (Lipinski definition) is 4. The highest BCUT2D eigenvalue weighted by Gasteiger charge is 2.10. The van der Waals surface area contributed by atoms with Gasteiger partial charge in [0, 0.05) is 12.2 Å². The number of methoxy groups -OCH3 is 1. The predicted molar refractivity (Wildman–Crippen MR) is 87.7 cm³/mol. The first kappa shape index (κ1) is 15.8. The van der Waals surface area contributed by atoms with Crippen LogP contribution in [0.1, 0.15) is 30.6 Å². The van der Waals surface area contributed by atoms with Crippen molar-refractivity contribution in [2.75, 3.05) is 12.4 Å². The van der Waals surface area contributed by atoms with Crippen molar-refractivity contribution in [1.29, 1.82) is 0 Å². The van der Waals surface area contributed by atoms with E-state index in [0.717, 1.165) is 23.5 Å². The molecule has 0 aliphatic carbocycles. The minimum Gasteiger partial charge on any atom is -0.495 e. The van der Waals surface area contributed by atoms with Crippen LogP contribution in [0.5, 0.6) is 5.75 Å². The Labute approximate surface area is 130 Å². The molecule has 2 aromatic rings. The van der Waals surface area contributed by atoms with Gasteiger partial charge in [0.15, 0.2) is 0 Å². The number of carbonyl (C=O) groups excluding carboxylic acids is 1. The number of rotatable bonds is 6. The maximum atomic E-state index is 12.1. The number of hydrogen-bond donors (Lipinski definition) is 2. The zero-order chi connectivity index (χ0) is 15.9. The second-order valence-electron chi connectivity index (χ2n) is 5.07. The van der Waals surface area contributed by atoms with Gasteiger partial charge in [-0.1, -0.05) is 19.1 Å². The number of pyridine rings is 1. The number of benzene rings is 1. The molecule has 0 aliphatic heterocycles. The Bertz CT molecular complexity index is 643. The molecule has 1 amide bonds. The van der Waals surface area contributed by atoms with Crippen LogP contribution in [0.15, 0.2) is 42.7 Å². The van der Waals surface area contributed by atoms with Crippen molar-refractivity contribution in [3.05, 3.63) is 48.3 Å². The minimum atomic E-state index is -0.120. The van der Waals surface area contributed by atoms with E-state index in [1.54, 1.807) is 25.6 Å². The second-order valence-corrected chi connectivity index (χ2v) is 5.07. The number of carbonyl (C=O) groups is 1. The summed E-state index contributed by atoms with van der Waals surface area (Å²) in [6.45, 7) is 4.01. The van der Waals surface area contributed by atoms with Crippen LogP contribution in [0.25, 0.3) is 0 Å². The van der Waals surface area contributed by atoms with E-state index in [4.69, 9.17) is 4.74 Å².